The smallest absolute Gasteiger partial charge is 0.254 e. The van der Waals surface area contributed by atoms with Gasteiger partial charge in [-0.3, -0.25) is 4.79 Å². The summed E-state index contributed by atoms with van der Waals surface area (Å²) < 4.78 is 0.952. The highest BCUT2D eigenvalue weighted by Gasteiger charge is 2.39. The van der Waals surface area contributed by atoms with Gasteiger partial charge in [0.2, 0.25) is 0 Å². The lowest BCUT2D eigenvalue weighted by molar-refractivity contribution is -0.0668. The summed E-state index contributed by atoms with van der Waals surface area (Å²) >= 11 is 4.80. The minimum Gasteiger partial charge on any atom is -0.386 e. The lowest BCUT2D eigenvalue weighted by Gasteiger charge is -2.44. The van der Waals surface area contributed by atoms with E-state index in [9.17, 15) is 9.90 Å². The van der Waals surface area contributed by atoms with Crippen molar-refractivity contribution in [3.63, 3.8) is 0 Å². The first-order chi connectivity index (χ1) is 6.48. The van der Waals surface area contributed by atoms with Crippen molar-refractivity contribution in [3.05, 3.63) is 20.8 Å². The molecule has 2 heterocycles. The molecule has 0 radical (unpaired) electrons. The van der Waals surface area contributed by atoms with Gasteiger partial charge >= 0.3 is 0 Å². The number of hydrogen-bond acceptors (Lipinski definition) is 3. The van der Waals surface area contributed by atoms with E-state index in [2.05, 4.69) is 15.9 Å². The van der Waals surface area contributed by atoms with Crippen LogP contribution in [0.25, 0.3) is 0 Å². The zero-order chi connectivity index (χ0) is 10.3. The first-order valence-corrected chi connectivity index (χ1v) is 5.91. The van der Waals surface area contributed by atoms with Crippen molar-refractivity contribution in [3.8, 4) is 0 Å². The van der Waals surface area contributed by atoms with Gasteiger partial charge < -0.3 is 10.0 Å². The number of hydrogen-bond donors (Lipinski definition) is 1. The molecule has 0 saturated carbocycles. The number of carbonyl (C=O) groups excluding carboxylic acids is 1. The Kier molecular flexibility index (Phi) is 2.41. The van der Waals surface area contributed by atoms with Gasteiger partial charge in [-0.25, -0.2) is 0 Å². The van der Waals surface area contributed by atoms with Crippen molar-refractivity contribution in [1.82, 2.24) is 4.90 Å². The number of β-amino-alcohol motifs (C(OH)–C–C–N with tert-alkyl or cyclic N) is 1. The molecule has 76 valence electrons. The van der Waals surface area contributed by atoms with Gasteiger partial charge in [0.15, 0.2) is 0 Å². The third-order valence-corrected chi connectivity index (χ3v) is 3.67. The van der Waals surface area contributed by atoms with Crippen molar-refractivity contribution >= 4 is 33.2 Å². The van der Waals surface area contributed by atoms with Crippen molar-refractivity contribution in [2.24, 2.45) is 0 Å². The number of thiophene rings is 1. The molecule has 1 N–H and O–H groups in total. The predicted octanol–water partition coefficient (Wildman–Crippen LogP) is 1.72. The normalized spacial score (nSPS) is 19.2. The van der Waals surface area contributed by atoms with E-state index in [4.69, 9.17) is 0 Å². The topological polar surface area (TPSA) is 40.5 Å². The Bertz CT molecular complexity index is 367. The molecule has 1 fully saturated rings. The van der Waals surface area contributed by atoms with Crippen molar-refractivity contribution in [2.45, 2.75) is 12.5 Å². The van der Waals surface area contributed by atoms with Crippen molar-refractivity contribution < 1.29 is 9.90 Å². The number of rotatable bonds is 1. The Labute approximate surface area is 94.5 Å². The molecule has 1 saturated heterocycles. The van der Waals surface area contributed by atoms with Gasteiger partial charge in [-0.05, 0) is 28.9 Å². The van der Waals surface area contributed by atoms with E-state index in [1.165, 1.54) is 11.3 Å². The summed E-state index contributed by atoms with van der Waals surface area (Å²) in [4.78, 5) is 13.4. The summed E-state index contributed by atoms with van der Waals surface area (Å²) in [7, 11) is 0. The number of likely N-dealkylation sites (tertiary alicyclic amines) is 1. The molecule has 0 spiro atoms. The molecule has 0 aromatic carbocycles. The highest BCUT2D eigenvalue weighted by Crippen LogP contribution is 2.26. The van der Waals surface area contributed by atoms with E-state index < -0.39 is 5.60 Å². The fourth-order valence-electron chi connectivity index (χ4n) is 1.52. The molecule has 1 amide bonds. The fourth-order valence-corrected chi connectivity index (χ4v) is 2.65. The van der Waals surface area contributed by atoms with Gasteiger partial charge in [-0.1, -0.05) is 0 Å². The fraction of sp³-hybridized carbons (Fsp3) is 0.444. The molecule has 0 aliphatic carbocycles. The maximum absolute atomic E-state index is 11.7. The standard InChI is InChI=1S/C9H10BrNO2S/c1-9(13)4-11(5-9)8(12)6-2-7(10)14-3-6/h2-3,13H,4-5H2,1H3. The van der Waals surface area contributed by atoms with Gasteiger partial charge in [0.1, 0.15) is 0 Å². The number of amides is 1. The molecule has 0 unspecified atom stereocenters. The van der Waals surface area contributed by atoms with Crippen LogP contribution in [0.5, 0.6) is 0 Å². The maximum Gasteiger partial charge on any atom is 0.254 e. The quantitative estimate of drug-likeness (QED) is 0.848. The summed E-state index contributed by atoms with van der Waals surface area (Å²) in [5.74, 6) is -0.00141. The molecular weight excluding hydrogens is 266 g/mol. The summed E-state index contributed by atoms with van der Waals surface area (Å²) in [6, 6.07) is 1.81. The first-order valence-electron chi connectivity index (χ1n) is 4.24. The molecule has 1 aliphatic rings. The lowest BCUT2D eigenvalue weighted by Crippen LogP contribution is -2.61. The van der Waals surface area contributed by atoms with Crippen LogP contribution in [0, 0.1) is 0 Å². The van der Waals surface area contributed by atoms with Crippen LogP contribution in [0.2, 0.25) is 0 Å². The van der Waals surface area contributed by atoms with E-state index in [1.54, 1.807) is 17.9 Å². The van der Waals surface area contributed by atoms with Crippen molar-refractivity contribution in [2.75, 3.05) is 13.1 Å². The molecule has 14 heavy (non-hydrogen) atoms. The Morgan fingerprint density at radius 2 is 2.36 bits per heavy atom. The van der Waals surface area contributed by atoms with Crippen LogP contribution in [0.3, 0.4) is 0 Å². The second-order valence-electron chi connectivity index (χ2n) is 3.80. The highest BCUT2D eigenvalue weighted by molar-refractivity contribution is 9.11. The number of nitrogens with zero attached hydrogens (tertiary/aromatic N) is 1. The van der Waals surface area contributed by atoms with Crippen LogP contribution in [0.15, 0.2) is 15.2 Å². The minimum absolute atomic E-state index is 0.00141. The SMILES string of the molecule is CC1(O)CN(C(=O)c2csc(Br)c2)C1. The molecule has 1 aromatic heterocycles. The Hall–Kier alpha value is -0.390. The van der Waals surface area contributed by atoms with E-state index in [1.807, 2.05) is 5.38 Å². The average Bonchev–Trinajstić information content (AvgIpc) is 2.46. The Morgan fingerprint density at radius 3 is 2.79 bits per heavy atom. The third kappa shape index (κ3) is 1.85. The summed E-state index contributed by atoms with van der Waals surface area (Å²) in [5, 5.41) is 11.3. The second-order valence-corrected chi connectivity index (χ2v) is 6.09. The van der Waals surface area contributed by atoms with Crippen LogP contribution >= 0.6 is 27.3 Å². The van der Waals surface area contributed by atoms with Crippen LogP contribution in [0.4, 0.5) is 0 Å². The molecule has 2 rings (SSSR count). The monoisotopic (exact) mass is 275 g/mol. The summed E-state index contributed by atoms with van der Waals surface area (Å²) in [5.41, 5.74) is 0.000460. The molecule has 1 aliphatic heterocycles. The third-order valence-electron chi connectivity index (χ3n) is 2.16. The maximum atomic E-state index is 11.7. The molecule has 5 heteroatoms. The molecule has 1 aromatic rings. The van der Waals surface area contributed by atoms with Crippen LogP contribution in [0.1, 0.15) is 17.3 Å². The van der Waals surface area contributed by atoms with E-state index >= 15 is 0 Å². The van der Waals surface area contributed by atoms with E-state index in [0.717, 1.165) is 3.79 Å². The lowest BCUT2D eigenvalue weighted by atomic mass is 9.96. The minimum atomic E-state index is -0.692. The van der Waals surface area contributed by atoms with Crippen LogP contribution in [-0.2, 0) is 0 Å². The van der Waals surface area contributed by atoms with Crippen LogP contribution in [-0.4, -0.2) is 34.6 Å². The number of aliphatic hydroxyl groups is 1. The zero-order valence-corrected chi connectivity index (χ0v) is 10.1. The van der Waals surface area contributed by atoms with Crippen LogP contribution < -0.4 is 0 Å². The number of halogens is 1. The molecule has 0 bridgehead atoms. The van der Waals surface area contributed by atoms with E-state index in [0.29, 0.717) is 18.7 Å². The Morgan fingerprint density at radius 1 is 1.71 bits per heavy atom. The van der Waals surface area contributed by atoms with Gasteiger partial charge in [0, 0.05) is 5.38 Å². The van der Waals surface area contributed by atoms with Gasteiger partial charge in [0.25, 0.3) is 5.91 Å². The predicted molar refractivity (Wildman–Crippen MR) is 58.5 cm³/mol. The molecule has 0 atom stereocenters. The Balaban J connectivity index is 2.04. The van der Waals surface area contributed by atoms with Gasteiger partial charge in [-0.15, -0.1) is 11.3 Å². The average molecular weight is 276 g/mol. The molecular formula is C9H10BrNO2S. The first kappa shape index (κ1) is 10.1. The van der Waals surface area contributed by atoms with Gasteiger partial charge in [0.05, 0.1) is 28.0 Å². The largest absolute Gasteiger partial charge is 0.386 e. The molecule has 3 nitrogen and oxygen atoms in total. The van der Waals surface area contributed by atoms with E-state index in [-0.39, 0.29) is 5.91 Å². The second kappa shape index (κ2) is 3.32. The summed E-state index contributed by atoms with van der Waals surface area (Å²) in [6.07, 6.45) is 0. The van der Waals surface area contributed by atoms with Crippen molar-refractivity contribution in [1.29, 1.82) is 0 Å². The zero-order valence-electron chi connectivity index (χ0n) is 7.66. The highest BCUT2D eigenvalue weighted by atomic mass is 79.9. The summed E-state index contributed by atoms with van der Waals surface area (Å²) in [6.45, 7) is 2.60. The number of carbonyl (C=O) groups is 1. The van der Waals surface area contributed by atoms with Gasteiger partial charge in [-0.2, -0.15) is 0 Å².